The predicted octanol–water partition coefficient (Wildman–Crippen LogP) is 13.1. The van der Waals surface area contributed by atoms with E-state index in [9.17, 15) is 6.48 Å². The van der Waals surface area contributed by atoms with Crippen LogP contribution in [0.5, 0.6) is 5.75 Å². The molecule has 0 saturated heterocycles. The zero-order chi connectivity index (χ0) is 44.6. The van der Waals surface area contributed by atoms with E-state index in [-0.39, 0.29) is 34.0 Å². The van der Waals surface area contributed by atoms with E-state index >= 15 is 0 Å². The molecule has 0 unspecified atom stereocenters. The van der Waals surface area contributed by atoms with E-state index in [1.54, 1.807) is 12.1 Å². The normalized spacial score (nSPS) is 14.0. The second-order valence-electron chi connectivity index (χ2n) is 15.6. The number of benzene rings is 6. The van der Waals surface area contributed by atoms with Crippen LogP contribution in [0.1, 0.15) is 63.6 Å². The molecule has 54 heavy (non-hydrogen) atoms. The van der Waals surface area contributed by atoms with Crippen LogP contribution in [0.4, 0.5) is 0 Å². The van der Waals surface area contributed by atoms with E-state index in [1.165, 1.54) is 0 Å². The van der Waals surface area contributed by atoms with Crippen molar-refractivity contribution in [3.63, 3.8) is 0 Å². The molecule has 0 saturated carbocycles. The Labute approximate surface area is 329 Å². The Bertz CT molecular complexity index is 3060. The lowest BCUT2D eigenvalue weighted by Gasteiger charge is -2.23. The quantitative estimate of drug-likeness (QED) is 0.187. The second kappa shape index (κ2) is 13.6. The van der Waals surface area contributed by atoms with Crippen molar-refractivity contribution >= 4 is 11.0 Å². The van der Waals surface area contributed by atoms with Crippen molar-refractivity contribution in [2.24, 2.45) is 0 Å². The van der Waals surface area contributed by atoms with Crippen LogP contribution in [-0.2, 0) is 10.8 Å². The Morgan fingerprint density at radius 1 is 0.574 bits per heavy atom. The minimum Gasteiger partial charge on any atom is -0.507 e. The molecule has 0 spiro atoms. The Kier molecular flexibility index (Phi) is 6.68. The molecule has 0 atom stereocenters. The first-order chi connectivity index (χ1) is 29.3. The number of hydrogen-bond donors (Lipinski definition) is 1. The first-order valence-electron chi connectivity index (χ1n) is 22.0. The third kappa shape index (κ3) is 6.72. The lowest BCUT2D eigenvalue weighted by molar-refractivity contribution is 0.477. The summed E-state index contributed by atoms with van der Waals surface area (Å²) in [4.78, 5) is 9.76. The molecule has 0 aliphatic rings. The summed E-state index contributed by atoms with van der Waals surface area (Å²) in [6.07, 6.45) is -0.499. The number of fused-ring (bicyclic) bond motifs is 1. The number of rotatable bonds is 6. The van der Waals surface area contributed by atoms with Gasteiger partial charge in [0.2, 0.25) is 0 Å². The van der Waals surface area contributed by atoms with Gasteiger partial charge >= 0.3 is 0 Å². The Hall–Kier alpha value is -6.26. The van der Waals surface area contributed by atoms with Gasteiger partial charge in [-0.05, 0) is 104 Å². The molecule has 8 rings (SSSR count). The molecule has 266 valence electrons. The van der Waals surface area contributed by atoms with E-state index in [2.05, 4.69) is 87.5 Å². The Morgan fingerprint density at radius 3 is 1.98 bits per heavy atom. The van der Waals surface area contributed by atoms with E-state index < -0.39 is 47.8 Å². The van der Waals surface area contributed by atoms with Gasteiger partial charge in [0.15, 0.2) is 0 Å². The molecular weight excluding hydrogens is 659 g/mol. The maximum Gasteiger partial charge on any atom is 0.149 e. The van der Waals surface area contributed by atoms with Crippen molar-refractivity contribution in [2.75, 3.05) is 0 Å². The van der Waals surface area contributed by atoms with Crippen molar-refractivity contribution in [3.8, 4) is 67.5 Å². The highest BCUT2D eigenvalue weighted by Gasteiger charge is 2.24. The number of phenolic OH excluding ortho intramolecular Hbond substituents is 1. The largest absolute Gasteiger partial charge is 0.507 e. The number of para-hydroxylation sites is 2. The van der Waals surface area contributed by atoms with Crippen molar-refractivity contribution in [2.45, 2.75) is 52.4 Å². The van der Waals surface area contributed by atoms with Gasteiger partial charge in [-0.25, -0.2) is 4.98 Å². The molecule has 1 N–H and O–H groups in total. The number of nitrogens with zero attached hydrogens (tertiary/aromatic N) is 3. The Balaban J connectivity index is 1.42. The maximum absolute atomic E-state index is 11.3. The van der Waals surface area contributed by atoms with Crippen molar-refractivity contribution in [3.05, 3.63) is 169 Å². The highest BCUT2D eigenvalue weighted by atomic mass is 16.3. The van der Waals surface area contributed by atoms with Crippen LogP contribution in [0, 0.1) is 0 Å². The SMILES string of the molecule is [2H]c1nc(-c2cc(-c3cccc4c3nc(-c3ccccc3O)n4-c3cc(-c4ccccc4)cc(C(C)(C)C)c3)cc(C(C)(C)C)c2)c([2H])c(-c2c([2H])c([2H])c([2H])c([2H])c2[2H])c1[2H]. The molecule has 0 bridgehead atoms. The lowest BCUT2D eigenvalue weighted by Crippen LogP contribution is -2.12. The van der Waals surface area contributed by atoms with E-state index in [0.717, 1.165) is 44.6 Å². The monoisotopic (exact) mass is 711 g/mol. The molecule has 0 radical (unpaired) electrons. The molecule has 2 heterocycles. The average Bonchev–Trinajstić information content (AvgIpc) is 3.64. The number of pyridine rings is 1. The van der Waals surface area contributed by atoms with Gasteiger partial charge in [-0.15, -0.1) is 0 Å². The van der Waals surface area contributed by atoms with Crippen LogP contribution in [0.25, 0.3) is 72.7 Å². The van der Waals surface area contributed by atoms with Gasteiger partial charge in [0.05, 0.1) is 33.3 Å². The molecule has 4 heteroatoms. The summed E-state index contributed by atoms with van der Waals surface area (Å²) in [6.45, 7) is 12.7. The van der Waals surface area contributed by atoms with Crippen LogP contribution in [0.3, 0.4) is 0 Å². The summed E-state index contributed by atoms with van der Waals surface area (Å²) in [5.41, 5.74) is 7.66. The molecule has 8 aromatic rings. The van der Waals surface area contributed by atoms with E-state index in [0.29, 0.717) is 22.5 Å². The lowest BCUT2D eigenvalue weighted by atomic mass is 9.83. The summed E-state index contributed by atoms with van der Waals surface area (Å²) >= 11 is 0. The van der Waals surface area contributed by atoms with Crippen LogP contribution in [0.15, 0.2) is 158 Å². The smallest absolute Gasteiger partial charge is 0.149 e. The third-order valence-electron chi connectivity index (χ3n) is 9.70. The van der Waals surface area contributed by atoms with Crippen LogP contribution in [-0.4, -0.2) is 19.6 Å². The minimum absolute atomic E-state index is 0.0280. The molecule has 0 fully saturated rings. The van der Waals surface area contributed by atoms with Crippen LogP contribution >= 0.6 is 0 Å². The standard InChI is InChI=1S/C50H45N3O/c1-49(2,3)39-28-37(26-38(29-39)44-31-35(24-25-51-44)33-16-9-7-10-17-33)42-21-15-22-45-47(42)52-48(43-20-13-14-23-46(43)54)53(45)41-30-36(34-18-11-8-12-19-34)27-40(32-41)50(4,5)6/h7-32,54H,1-6H3/i7D,9D,10D,16D,17D,24D,25D,31D. The first-order valence-corrected chi connectivity index (χ1v) is 18.0. The van der Waals surface area contributed by atoms with Crippen LogP contribution in [0.2, 0.25) is 0 Å². The number of aromatic hydroxyl groups is 1. The zero-order valence-electron chi connectivity index (χ0n) is 39.2. The summed E-state index contributed by atoms with van der Waals surface area (Å²) in [5.74, 6) is 0.608. The minimum atomic E-state index is -0.598. The fourth-order valence-corrected chi connectivity index (χ4v) is 6.71. The average molecular weight is 712 g/mol. The third-order valence-corrected chi connectivity index (χ3v) is 9.70. The van der Waals surface area contributed by atoms with E-state index in [4.69, 9.17) is 14.6 Å². The summed E-state index contributed by atoms with van der Waals surface area (Å²) in [5, 5.41) is 11.3. The molecular formula is C50H45N3O. The topological polar surface area (TPSA) is 50.9 Å². The molecule has 2 aromatic heterocycles. The molecule has 6 aromatic carbocycles. The van der Waals surface area contributed by atoms with Gasteiger partial charge in [0, 0.05) is 23.0 Å². The molecule has 0 aliphatic carbocycles. The fourth-order valence-electron chi connectivity index (χ4n) is 6.71. The van der Waals surface area contributed by atoms with Crippen molar-refractivity contribution < 1.29 is 16.1 Å². The van der Waals surface area contributed by atoms with Crippen LogP contribution < -0.4 is 0 Å². The summed E-state index contributed by atoms with van der Waals surface area (Å²) in [7, 11) is 0. The van der Waals surface area contributed by atoms with Crippen molar-refractivity contribution in [1.82, 2.24) is 14.5 Å². The number of imidazole rings is 1. The Morgan fingerprint density at radius 2 is 1.24 bits per heavy atom. The van der Waals surface area contributed by atoms with E-state index in [1.807, 2.05) is 60.7 Å². The number of hydrogen-bond acceptors (Lipinski definition) is 3. The van der Waals surface area contributed by atoms with Gasteiger partial charge in [-0.3, -0.25) is 9.55 Å². The second-order valence-corrected chi connectivity index (χ2v) is 15.6. The van der Waals surface area contributed by atoms with Gasteiger partial charge in [0.25, 0.3) is 0 Å². The number of phenols is 1. The fraction of sp³-hybridized carbons (Fsp3) is 0.160. The van der Waals surface area contributed by atoms with Gasteiger partial charge in [-0.2, -0.15) is 0 Å². The maximum atomic E-state index is 11.3. The summed E-state index contributed by atoms with van der Waals surface area (Å²) in [6, 6.07) is 31.8. The highest BCUT2D eigenvalue weighted by Crippen LogP contribution is 2.41. The zero-order valence-corrected chi connectivity index (χ0v) is 31.2. The van der Waals surface area contributed by atoms with Gasteiger partial charge in [-0.1, -0.05) is 138 Å². The van der Waals surface area contributed by atoms with Gasteiger partial charge in [0.1, 0.15) is 11.6 Å². The van der Waals surface area contributed by atoms with Gasteiger partial charge < -0.3 is 5.11 Å². The summed E-state index contributed by atoms with van der Waals surface area (Å²) < 4.78 is 71.1. The molecule has 4 nitrogen and oxygen atoms in total. The molecule has 0 amide bonds. The highest BCUT2D eigenvalue weighted by molar-refractivity contribution is 5.97. The van der Waals surface area contributed by atoms with Crippen molar-refractivity contribution in [1.29, 1.82) is 0 Å². The molecule has 0 aliphatic heterocycles. The number of aromatic nitrogens is 3. The predicted molar refractivity (Wildman–Crippen MR) is 225 cm³/mol. The first kappa shape index (κ1) is 26.5.